The van der Waals surface area contributed by atoms with Crippen LogP contribution < -0.4 is 0 Å². The standard InChI is InChI=1S/C16H18O/c1-11-5-4-6-14(8-11)16(17)15-9-12(2)7-13(3)10-15/h4-10,16-17H,1-3H3. The van der Waals surface area contributed by atoms with Crippen molar-refractivity contribution in [3.63, 3.8) is 0 Å². The van der Waals surface area contributed by atoms with Crippen molar-refractivity contribution in [3.05, 3.63) is 70.3 Å². The third-order valence-corrected chi connectivity index (χ3v) is 2.92. The molecule has 0 saturated heterocycles. The predicted molar refractivity (Wildman–Crippen MR) is 71.2 cm³/mol. The highest BCUT2D eigenvalue weighted by Crippen LogP contribution is 2.24. The van der Waals surface area contributed by atoms with Crippen LogP contribution in [-0.2, 0) is 0 Å². The SMILES string of the molecule is Cc1cccc(C(O)c2cc(C)cc(C)c2)c1. The van der Waals surface area contributed by atoms with Gasteiger partial charge in [-0.2, -0.15) is 0 Å². The second-order valence-corrected chi connectivity index (χ2v) is 4.74. The first-order chi connectivity index (χ1) is 8.06. The number of aliphatic hydroxyl groups is 1. The first-order valence-electron chi connectivity index (χ1n) is 5.89. The molecule has 0 saturated carbocycles. The van der Waals surface area contributed by atoms with Crippen LogP contribution in [0.3, 0.4) is 0 Å². The van der Waals surface area contributed by atoms with E-state index in [0.717, 1.165) is 11.1 Å². The lowest BCUT2D eigenvalue weighted by molar-refractivity contribution is 0.220. The van der Waals surface area contributed by atoms with Gasteiger partial charge in [-0.15, -0.1) is 0 Å². The third-order valence-electron chi connectivity index (χ3n) is 2.92. The molecule has 17 heavy (non-hydrogen) atoms. The topological polar surface area (TPSA) is 20.2 Å². The van der Waals surface area contributed by atoms with E-state index < -0.39 is 6.10 Å². The van der Waals surface area contributed by atoms with E-state index >= 15 is 0 Å². The maximum Gasteiger partial charge on any atom is 0.104 e. The highest BCUT2D eigenvalue weighted by Gasteiger charge is 2.10. The summed E-state index contributed by atoms with van der Waals surface area (Å²) in [6.45, 7) is 6.15. The van der Waals surface area contributed by atoms with Gasteiger partial charge in [-0.3, -0.25) is 0 Å². The predicted octanol–water partition coefficient (Wildman–Crippen LogP) is 3.69. The van der Waals surface area contributed by atoms with Gasteiger partial charge in [0.1, 0.15) is 6.10 Å². The van der Waals surface area contributed by atoms with Crippen LogP contribution in [0.1, 0.15) is 33.9 Å². The zero-order valence-corrected chi connectivity index (χ0v) is 10.6. The molecule has 0 aliphatic heterocycles. The molecular formula is C16H18O. The Labute approximate surface area is 103 Å². The smallest absolute Gasteiger partial charge is 0.104 e. The minimum atomic E-state index is -0.534. The van der Waals surface area contributed by atoms with Crippen LogP contribution in [0.25, 0.3) is 0 Å². The molecule has 0 aromatic heterocycles. The van der Waals surface area contributed by atoms with Gasteiger partial charge in [0.15, 0.2) is 0 Å². The molecule has 0 radical (unpaired) electrons. The van der Waals surface area contributed by atoms with Crippen molar-refractivity contribution in [2.24, 2.45) is 0 Å². The molecule has 0 spiro atoms. The number of aryl methyl sites for hydroxylation is 3. The van der Waals surface area contributed by atoms with E-state index in [2.05, 4.69) is 19.9 Å². The van der Waals surface area contributed by atoms with Crippen LogP contribution in [0.15, 0.2) is 42.5 Å². The Morgan fingerprint density at radius 3 is 1.94 bits per heavy atom. The largest absolute Gasteiger partial charge is 0.384 e. The number of benzene rings is 2. The fraction of sp³-hybridized carbons (Fsp3) is 0.250. The second kappa shape index (κ2) is 4.72. The number of aliphatic hydroxyl groups excluding tert-OH is 1. The van der Waals surface area contributed by atoms with E-state index in [1.165, 1.54) is 16.7 Å². The molecular weight excluding hydrogens is 208 g/mol. The Balaban J connectivity index is 2.39. The van der Waals surface area contributed by atoms with Crippen molar-refractivity contribution in [2.75, 3.05) is 0 Å². The van der Waals surface area contributed by atoms with Crippen LogP contribution in [0.4, 0.5) is 0 Å². The lowest BCUT2D eigenvalue weighted by atomic mass is 9.97. The summed E-state index contributed by atoms with van der Waals surface area (Å²) in [5.41, 5.74) is 5.47. The lowest BCUT2D eigenvalue weighted by Crippen LogP contribution is -2.00. The van der Waals surface area contributed by atoms with Crippen LogP contribution in [0.5, 0.6) is 0 Å². The minimum absolute atomic E-state index is 0.534. The summed E-state index contributed by atoms with van der Waals surface area (Å²) >= 11 is 0. The Morgan fingerprint density at radius 2 is 1.35 bits per heavy atom. The zero-order valence-electron chi connectivity index (χ0n) is 10.6. The summed E-state index contributed by atoms with van der Waals surface area (Å²) in [5, 5.41) is 10.4. The van der Waals surface area contributed by atoms with Crippen molar-refractivity contribution in [3.8, 4) is 0 Å². The molecule has 0 bridgehead atoms. The summed E-state index contributed by atoms with van der Waals surface area (Å²) in [4.78, 5) is 0. The summed E-state index contributed by atoms with van der Waals surface area (Å²) < 4.78 is 0. The molecule has 1 nitrogen and oxygen atoms in total. The molecule has 0 fully saturated rings. The average Bonchev–Trinajstić information content (AvgIpc) is 2.26. The molecule has 2 aromatic carbocycles. The monoisotopic (exact) mass is 226 g/mol. The zero-order chi connectivity index (χ0) is 12.4. The van der Waals surface area contributed by atoms with Crippen molar-refractivity contribution < 1.29 is 5.11 Å². The molecule has 2 aromatic rings. The van der Waals surface area contributed by atoms with Crippen LogP contribution in [0, 0.1) is 20.8 Å². The Morgan fingerprint density at radius 1 is 0.765 bits per heavy atom. The first kappa shape index (κ1) is 11.9. The van der Waals surface area contributed by atoms with Gasteiger partial charge in [0.25, 0.3) is 0 Å². The second-order valence-electron chi connectivity index (χ2n) is 4.74. The van der Waals surface area contributed by atoms with Crippen molar-refractivity contribution in [1.29, 1.82) is 0 Å². The fourth-order valence-corrected chi connectivity index (χ4v) is 2.20. The molecule has 0 aliphatic rings. The highest BCUT2D eigenvalue weighted by molar-refractivity contribution is 5.36. The van der Waals surface area contributed by atoms with E-state index in [-0.39, 0.29) is 0 Å². The Kier molecular flexibility index (Phi) is 3.30. The normalized spacial score (nSPS) is 12.5. The molecule has 1 heteroatoms. The van der Waals surface area contributed by atoms with Gasteiger partial charge < -0.3 is 5.11 Å². The molecule has 0 amide bonds. The van der Waals surface area contributed by atoms with Crippen molar-refractivity contribution in [1.82, 2.24) is 0 Å². The average molecular weight is 226 g/mol. The van der Waals surface area contributed by atoms with Gasteiger partial charge in [0.2, 0.25) is 0 Å². The van der Waals surface area contributed by atoms with Crippen LogP contribution >= 0.6 is 0 Å². The van der Waals surface area contributed by atoms with Gasteiger partial charge in [-0.1, -0.05) is 59.2 Å². The Hall–Kier alpha value is -1.60. The van der Waals surface area contributed by atoms with Crippen molar-refractivity contribution in [2.45, 2.75) is 26.9 Å². The molecule has 1 unspecified atom stereocenters. The van der Waals surface area contributed by atoms with E-state index in [0.29, 0.717) is 0 Å². The Bertz CT molecular complexity index is 509. The van der Waals surface area contributed by atoms with Gasteiger partial charge in [-0.05, 0) is 31.9 Å². The lowest BCUT2D eigenvalue weighted by Gasteiger charge is -2.13. The van der Waals surface area contributed by atoms with E-state index in [1.807, 2.05) is 43.3 Å². The summed E-state index contributed by atoms with van der Waals surface area (Å²) in [6, 6.07) is 14.2. The van der Waals surface area contributed by atoms with Gasteiger partial charge in [0.05, 0.1) is 0 Å². The van der Waals surface area contributed by atoms with Crippen molar-refractivity contribution >= 4 is 0 Å². The highest BCUT2D eigenvalue weighted by atomic mass is 16.3. The maximum atomic E-state index is 10.4. The molecule has 1 N–H and O–H groups in total. The van der Waals surface area contributed by atoms with Gasteiger partial charge in [0, 0.05) is 0 Å². The number of hydrogen-bond donors (Lipinski definition) is 1. The van der Waals surface area contributed by atoms with Crippen LogP contribution in [0.2, 0.25) is 0 Å². The maximum absolute atomic E-state index is 10.4. The van der Waals surface area contributed by atoms with E-state index in [9.17, 15) is 5.11 Å². The summed E-state index contributed by atoms with van der Waals surface area (Å²) in [6.07, 6.45) is -0.534. The molecule has 2 rings (SSSR count). The van der Waals surface area contributed by atoms with E-state index in [4.69, 9.17) is 0 Å². The van der Waals surface area contributed by atoms with Gasteiger partial charge >= 0.3 is 0 Å². The summed E-state index contributed by atoms with van der Waals surface area (Å²) in [7, 11) is 0. The number of hydrogen-bond acceptors (Lipinski definition) is 1. The van der Waals surface area contributed by atoms with E-state index in [1.54, 1.807) is 0 Å². The fourth-order valence-electron chi connectivity index (χ4n) is 2.20. The molecule has 88 valence electrons. The third kappa shape index (κ3) is 2.75. The minimum Gasteiger partial charge on any atom is -0.384 e. The number of rotatable bonds is 2. The quantitative estimate of drug-likeness (QED) is 0.828. The first-order valence-corrected chi connectivity index (χ1v) is 5.89. The molecule has 0 aliphatic carbocycles. The van der Waals surface area contributed by atoms with Crippen LogP contribution in [-0.4, -0.2) is 5.11 Å². The summed E-state index contributed by atoms with van der Waals surface area (Å²) in [5.74, 6) is 0. The van der Waals surface area contributed by atoms with Gasteiger partial charge in [-0.25, -0.2) is 0 Å². The molecule has 0 heterocycles. The molecule has 1 atom stereocenters.